The lowest BCUT2D eigenvalue weighted by atomic mass is 9.87. The van der Waals surface area contributed by atoms with Crippen LogP contribution in [0.1, 0.15) is 33.3 Å². The van der Waals surface area contributed by atoms with Crippen LogP contribution in [0.5, 0.6) is 17.2 Å². The number of hydrogen-bond acceptors (Lipinski definition) is 5. The Morgan fingerprint density at radius 3 is 2.32 bits per heavy atom. The first-order valence-corrected chi connectivity index (χ1v) is 11.5. The molecule has 1 N–H and O–H groups in total. The van der Waals surface area contributed by atoms with E-state index in [0.29, 0.717) is 48.0 Å². The van der Waals surface area contributed by atoms with Crippen molar-refractivity contribution in [3.05, 3.63) is 82.6 Å². The molecule has 1 heterocycles. The van der Waals surface area contributed by atoms with Gasteiger partial charge in [-0.15, -0.1) is 0 Å². The molecule has 0 aliphatic rings. The highest BCUT2D eigenvalue weighted by Crippen LogP contribution is 2.32. The highest BCUT2D eigenvalue weighted by molar-refractivity contribution is 5.79. The van der Waals surface area contributed by atoms with Crippen molar-refractivity contribution in [3.8, 4) is 28.6 Å². The molecule has 176 valence electrons. The van der Waals surface area contributed by atoms with E-state index in [4.69, 9.17) is 14.2 Å². The smallest absolute Gasteiger partial charge is 0.259 e. The molecule has 3 aromatic carbocycles. The third-order valence-electron chi connectivity index (χ3n) is 5.46. The van der Waals surface area contributed by atoms with Crippen LogP contribution in [0.2, 0.25) is 0 Å². The van der Waals surface area contributed by atoms with Gasteiger partial charge in [0, 0.05) is 5.56 Å². The number of ether oxygens (including phenoxy) is 3. The van der Waals surface area contributed by atoms with E-state index in [1.165, 1.54) is 5.56 Å². The fourth-order valence-corrected chi connectivity index (χ4v) is 3.63. The minimum Gasteiger partial charge on any atom is -0.490 e. The summed E-state index contributed by atoms with van der Waals surface area (Å²) in [5.74, 6) is 2.49. The molecule has 0 fully saturated rings. The van der Waals surface area contributed by atoms with Gasteiger partial charge in [0.1, 0.15) is 24.8 Å². The van der Waals surface area contributed by atoms with E-state index in [2.05, 4.69) is 42.9 Å². The van der Waals surface area contributed by atoms with Crippen LogP contribution in [-0.4, -0.2) is 29.8 Å². The molecule has 34 heavy (non-hydrogen) atoms. The Hall–Kier alpha value is -3.80. The second kappa shape index (κ2) is 10.00. The third-order valence-corrected chi connectivity index (χ3v) is 5.46. The summed E-state index contributed by atoms with van der Waals surface area (Å²) >= 11 is 0. The Balaban J connectivity index is 1.44. The molecule has 1 aromatic heterocycles. The van der Waals surface area contributed by atoms with E-state index < -0.39 is 0 Å². The summed E-state index contributed by atoms with van der Waals surface area (Å²) in [6.07, 6.45) is 0. The van der Waals surface area contributed by atoms with E-state index in [-0.39, 0.29) is 11.0 Å². The van der Waals surface area contributed by atoms with Gasteiger partial charge in [-0.2, -0.15) is 0 Å². The van der Waals surface area contributed by atoms with Crippen molar-refractivity contribution in [2.24, 2.45) is 0 Å². The van der Waals surface area contributed by atoms with Crippen molar-refractivity contribution in [1.29, 1.82) is 0 Å². The molecule has 0 radical (unpaired) electrons. The van der Waals surface area contributed by atoms with Gasteiger partial charge in [-0.05, 0) is 60.4 Å². The van der Waals surface area contributed by atoms with Crippen molar-refractivity contribution >= 4 is 10.9 Å². The standard InChI is InChI=1S/C28H30N2O4/c1-5-32-25-18-19(26-29-23-9-7-6-8-22(23)27(31)30-26)10-15-24(25)34-17-16-33-21-13-11-20(12-14-21)28(2,3)4/h6-15,18H,5,16-17H2,1-4H3,(H,29,30,31). The molecule has 0 bridgehead atoms. The number of nitrogens with one attached hydrogen (secondary N) is 1. The number of para-hydroxylation sites is 1. The Morgan fingerprint density at radius 1 is 0.853 bits per heavy atom. The normalized spacial score (nSPS) is 11.4. The number of aromatic amines is 1. The van der Waals surface area contributed by atoms with E-state index in [1.54, 1.807) is 6.07 Å². The largest absolute Gasteiger partial charge is 0.490 e. The number of hydrogen-bond donors (Lipinski definition) is 1. The fraction of sp³-hybridized carbons (Fsp3) is 0.286. The highest BCUT2D eigenvalue weighted by Gasteiger charge is 2.13. The molecule has 0 atom stereocenters. The van der Waals surface area contributed by atoms with Gasteiger partial charge >= 0.3 is 0 Å². The van der Waals surface area contributed by atoms with Gasteiger partial charge in [0.25, 0.3) is 5.56 Å². The van der Waals surface area contributed by atoms with E-state index in [1.807, 2.05) is 55.5 Å². The molecule has 0 unspecified atom stereocenters. The van der Waals surface area contributed by atoms with Crippen LogP contribution in [0.25, 0.3) is 22.3 Å². The van der Waals surface area contributed by atoms with Crippen LogP contribution < -0.4 is 19.8 Å². The zero-order valence-electron chi connectivity index (χ0n) is 20.1. The van der Waals surface area contributed by atoms with Gasteiger partial charge in [0.2, 0.25) is 0 Å². The molecule has 6 nitrogen and oxygen atoms in total. The molecule has 4 rings (SSSR count). The van der Waals surface area contributed by atoms with Crippen LogP contribution in [0.3, 0.4) is 0 Å². The minimum atomic E-state index is -0.174. The predicted molar refractivity (Wildman–Crippen MR) is 135 cm³/mol. The molecule has 4 aromatic rings. The van der Waals surface area contributed by atoms with E-state index in [9.17, 15) is 4.79 Å². The second-order valence-electron chi connectivity index (χ2n) is 9.00. The predicted octanol–water partition coefficient (Wildman–Crippen LogP) is 5.74. The third kappa shape index (κ3) is 5.39. The van der Waals surface area contributed by atoms with Crippen molar-refractivity contribution in [3.63, 3.8) is 0 Å². The molecular weight excluding hydrogens is 428 g/mol. The lowest BCUT2D eigenvalue weighted by molar-refractivity contribution is 0.208. The second-order valence-corrected chi connectivity index (χ2v) is 9.00. The molecule has 0 spiro atoms. The van der Waals surface area contributed by atoms with Gasteiger partial charge in [0.05, 0.1) is 17.5 Å². The van der Waals surface area contributed by atoms with Crippen molar-refractivity contribution < 1.29 is 14.2 Å². The Kier molecular flexibility index (Phi) is 6.87. The maximum absolute atomic E-state index is 12.4. The van der Waals surface area contributed by atoms with Crippen molar-refractivity contribution in [2.75, 3.05) is 19.8 Å². The number of benzene rings is 3. The number of aromatic nitrogens is 2. The maximum Gasteiger partial charge on any atom is 0.259 e. The van der Waals surface area contributed by atoms with Crippen LogP contribution >= 0.6 is 0 Å². The number of nitrogens with zero attached hydrogens (tertiary/aromatic N) is 1. The van der Waals surface area contributed by atoms with Gasteiger partial charge in [0.15, 0.2) is 11.5 Å². The summed E-state index contributed by atoms with van der Waals surface area (Å²) in [5, 5.41) is 0.560. The summed E-state index contributed by atoms with van der Waals surface area (Å²) in [7, 11) is 0. The zero-order chi connectivity index (χ0) is 24.1. The maximum atomic E-state index is 12.4. The Bertz CT molecular complexity index is 1320. The summed E-state index contributed by atoms with van der Waals surface area (Å²) in [4.78, 5) is 19.9. The average Bonchev–Trinajstić information content (AvgIpc) is 2.82. The lowest BCUT2D eigenvalue weighted by Crippen LogP contribution is -2.12. The van der Waals surface area contributed by atoms with Gasteiger partial charge in [-0.3, -0.25) is 4.79 Å². The van der Waals surface area contributed by atoms with E-state index in [0.717, 1.165) is 11.3 Å². The van der Waals surface area contributed by atoms with Crippen LogP contribution in [0, 0.1) is 0 Å². The first kappa shape index (κ1) is 23.4. The number of H-pyrrole nitrogens is 1. The minimum absolute atomic E-state index is 0.110. The number of fused-ring (bicyclic) bond motifs is 1. The first-order chi connectivity index (χ1) is 16.3. The SMILES string of the molecule is CCOc1cc(-c2nc3ccccc3c(=O)[nH]2)ccc1OCCOc1ccc(C(C)(C)C)cc1. The van der Waals surface area contributed by atoms with Crippen LogP contribution in [0.4, 0.5) is 0 Å². The summed E-state index contributed by atoms with van der Waals surface area (Å²) in [5.41, 5.74) is 2.59. The van der Waals surface area contributed by atoms with E-state index >= 15 is 0 Å². The molecule has 0 saturated heterocycles. The summed E-state index contributed by atoms with van der Waals surface area (Å²) in [6.45, 7) is 9.73. The fourth-order valence-electron chi connectivity index (χ4n) is 3.63. The molecular formula is C28H30N2O4. The van der Waals surface area contributed by atoms with Gasteiger partial charge in [-0.1, -0.05) is 45.0 Å². The zero-order valence-corrected chi connectivity index (χ0v) is 20.1. The van der Waals surface area contributed by atoms with Crippen LogP contribution in [0.15, 0.2) is 71.5 Å². The quantitative estimate of drug-likeness (QED) is 0.341. The molecule has 0 aliphatic carbocycles. The highest BCUT2D eigenvalue weighted by atomic mass is 16.5. The average molecular weight is 459 g/mol. The van der Waals surface area contributed by atoms with Crippen molar-refractivity contribution in [1.82, 2.24) is 9.97 Å². The molecule has 0 aliphatic heterocycles. The molecule has 6 heteroatoms. The van der Waals surface area contributed by atoms with Gasteiger partial charge < -0.3 is 19.2 Å². The Labute approximate surface area is 199 Å². The van der Waals surface area contributed by atoms with Crippen LogP contribution in [-0.2, 0) is 5.41 Å². The summed E-state index contributed by atoms with van der Waals surface area (Å²) < 4.78 is 17.6. The Morgan fingerprint density at radius 2 is 1.59 bits per heavy atom. The van der Waals surface area contributed by atoms with Gasteiger partial charge in [-0.25, -0.2) is 4.98 Å². The molecule has 0 saturated carbocycles. The number of rotatable bonds is 8. The monoisotopic (exact) mass is 458 g/mol. The first-order valence-electron chi connectivity index (χ1n) is 11.5. The van der Waals surface area contributed by atoms with Crippen molar-refractivity contribution in [2.45, 2.75) is 33.1 Å². The summed E-state index contributed by atoms with van der Waals surface area (Å²) in [6, 6.07) is 20.9. The lowest BCUT2D eigenvalue weighted by Gasteiger charge is -2.19. The molecule has 0 amide bonds. The topological polar surface area (TPSA) is 73.4 Å².